The Morgan fingerprint density at radius 1 is 0.927 bits per heavy atom. The summed E-state index contributed by atoms with van der Waals surface area (Å²) in [6.45, 7) is 9.49. The molecule has 0 unspecified atom stereocenters. The molecule has 6 heterocycles. The standard InChI is InChI=1S/C57H76FN13O11/c1-34(60-5)53(76)65-50(35-10-8-7-9-11-35)56(79)69-31-39(27-45(69)51(59)75)63-47(73)13-18-80-20-22-82-23-21-81-19-14-48(74)68-16-17-70-40(32-68)28-46(66-70)64-44-25-37(30-67(6)54(44)77)41-12-15-61-52(42(41)33-72)71-55(78)49-36(29-62-71)24-38(26-43(49)58)57(2,3)4/h12,15,24-26,28-30,34-35,39,45,50,60,72H,7-11,13-14,16-23,27,31-33H2,1-6H3,(H2,59,75)(H,63,73)(H,64,66)(H,65,76)/t34-,39-,45-,50-/m0/s1. The second-order valence-corrected chi connectivity index (χ2v) is 22.2. The van der Waals surface area contributed by atoms with Gasteiger partial charge in [-0.25, -0.2) is 9.37 Å². The van der Waals surface area contributed by atoms with Gasteiger partial charge in [0.05, 0.1) is 89.1 Å². The summed E-state index contributed by atoms with van der Waals surface area (Å²) in [5, 5.41) is 31.7. The Morgan fingerprint density at radius 3 is 2.32 bits per heavy atom. The van der Waals surface area contributed by atoms with E-state index in [1.807, 2.05) is 20.8 Å². The van der Waals surface area contributed by atoms with E-state index in [1.54, 1.807) is 61.1 Å². The first-order valence-corrected chi connectivity index (χ1v) is 28.0. The molecule has 2 aliphatic heterocycles. The maximum Gasteiger partial charge on any atom is 0.283 e. The molecule has 0 spiro atoms. The number of carbonyl (C=O) groups is 5. The number of hydrogen-bond acceptors (Lipinski definition) is 16. The number of likely N-dealkylation sites (tertiary alicyclic amines) is 1. The van der Waals surface area contributed by atoms with Gasteiger partial charge < -0.3 is 60.7 Å². The second-order valence-electron chi connectivity index (χ2n) is 22.2. The molecule has 3 aliphatic rings. The van der Waals surface area contributed by atoms with Gasteiger partial charge in [0.2, 0.25) is 29.5 Å². The Morgan fingerprint density at radius 2 is 1.63 bits per heavy atom. The van der Waals surface area contributed by atoms with E-state index in [1.165, 1.54) is 27.9 Å². The van der Waals surface area contributed by atoms with Gasteiger partial charge in [-0.2, -0.15) is 14.9 Å². The zero-order valence-electron chi connectivity index (χ0n) is 47.5. The smallest absolute Gasteiger partial charge is 0.283 e. The third kappa shape index (κ3) is 14.4. The monoisotopic (exact) mass is 1140 g/mol. The number of rotatable bonds is 24. The minimum Gasteiger partial charge on any atom is -0.392 e. The molecular weight excluding hydrogens is 1060 g/mol. The number of aliphatic hydroxyl groups excluding tert-OH is 1. The molecule has 5 aromatic rings. The summed E-state index contributed by atoms with van der Waals surface area (Å²) >= 11 is 0. The van der Waals surface area contributed by atoms with Crippen LogP contribution in [0.3, 0.4) is 0 Å². The lowest BCUT2D eigenvalue weighted by molar-refractivity contribution is -0.142. The van der Waals surface area contributed by atoms with Crippen molar-refractivity contribution >= 4 is 51.8 Å². The number of hydrogen-bond donors (Lipinski definition) is 6. The number of amides is 5. The van der Waals surface area contributed by atoms with E-state index in [9.17, 15) is 38.7 Å². The number of primary amides is 1. The number of halogens is 1. The summed E-state index contributed by atoms with van der Waals surface area (Å²) in [5.74, 6) is -2.12. The number of benzene rings is 1. The first-order valence-electron chi connectivity index (χ1n) is 28.0. The van der Waals surface area contributed by atoms with Crippen molar-refractivity contribution in [1.29, 1.82) is 0 Å². The van der Waals surface area contributed by atoms with Crippen LogP contribution in [-0.2, 0) is 70.3 Å². The summed E-state index contributed by atoms with van der Waals surface area (Å²) < 4.78 is 36.5. The highest BCUT2D eigenvalue weighted by Crippen LogP contribution is 2.32. The van der Waals surface area contributed by atoms with Crippen LogP contribution in [0.4, 0.5) is 15.9 Å². The fourth-order valence-electron chi connectivity index (χ4n) is 10.7. The molecule has 442 valence electrons. The average Bonchev–Trinajstić information content (AvgIpc) is 4.21. The average molecular weight is 1140 g/mol. The van der Waals surface area contributed by atoms with E-state index in [0.717, 1.165) is 42.5 Å². The van der Waals surface area contributed by atoms with Crippen molar-refractivity contribution in [2.75, 3.05) is 65.1 Å². The number of likely N-dealkylation sites (N-methyl/N-ethyl adjacent to an activating group) is 1. The lowest BCUT2D eigenvalue weighted by Crippen LogP contribution is -2.58. The fraction of sp³-hybridized carbons (Fsp3) is 0.544. The Hall–Kier alpha value is -7.45. The number of nitrogens with zero attached hydrogens (tertiary/aromatic N) is 8. The summed E-state index contributed by atoms with van der Waals surface area (Å²) in [7, 11) is 3.25. The molecule has 8 rings (SSSR count). The molecule has 0 radical (unpaired) electrons. The fourth-order valence-corrected chi connectivity index (χ4v) is 10.7. The highest BCUT2D eigenvalue weighted by molar-refractivity contribution is 5.93. The Kier molecular flexibility index (Phi) is 20.0. The van der Waals surface area contributed by atoms with E-state index in [4.69, 9.17) is 19.9 Å². The molecule has 1 saturated carbocycles. The molecule has 2 fully saturated rings. The van der Waals surface area contributed by atoms with Gasteiger partial charge in [-0.1, -0.05) is 40.0 Å². The number of aliphatic hydroxyl groups is 1. The summed E-state index contributed by atoms with van der Waals surface area (Å²) in [6, 6.07) is 5.37. The predicted octanol–water partition coefficient (Wildman–Crippen LogP) is 2.43. The van der Waals surface area contributed by atoms with Crippen LogP contribution in [-0.4, -0.2) is 158 Å². The summed E-state index contributed by atoms with van der Waals surface area (Å²) in [5.41, 5.74) is 7.09. The lowest BCUT2D eigenvalue weighted by Gasteiger charge is -2.34. The molecule has 1 aromatic carbocycles. The number of carbonyl (C=O) groups excluding carboxylic acids is 5. The molecule has 4 atom stereocenters. The maximum absolute atomic E-state index is 15.5. The van der Waals surface area contributed by atoms with Crippen molar-refractivity contribution in [3.63, 3.8) is 0 Å². The van der Waals surface area contributed by atoms with Crippen LogP contribution in [0, 0.1) is 11.7 Å². The number of nitrogens with two attached hydrogens (primary N) is 1. The first-order chi connectivity index (χ1) is 39.3. The quantitative estimate of drug-likeness (QED) is 0.0484. The topological polar surface area (TPSA) is 301 Å². The molecule has 7 N–H and O–H groups in total. The van der Waals surface area contributed by atoms with Gasteiger partial charge in [0.15, 0.2) is 11.6 Å². The highest BCUT2D eigenvalue weighted by atomic mass is 19.1. The first kappa shape index (κ1) is 60.6. The Bertz CT molecular complexity index is 3260. The number of pyridine rings is 2. The van der Waals surface area contributed by atoms with E-state index in [-0.39, 0.29) is 135 Å². The zero-order chi connectivity index (χ0) is 58.8. The number of aryl methyl sites for hydroxylation is 1. The van der Waals surface area contributed by atoms with Gasteiger partial charge in [-0.3, -0.25) is 38.2 Å². The third-order valence-corrected chi connectivity index (χ3v) is 15.5. The van der Waals surface area contributed by atoms with E-state index >= 15 is 4.39 Å². The maximum atomic E-state index is 15.5. The highest BCUT2D eigenvalue weighted by Gasteiger charge is 2.44. The molecular formula is C57H76FN13O11. The predicted molar refractivity (Wildman–Crippen MR) is 301 cm³/mol. The third-order valence-electron chi connectivity index (χ3n) is 15.5. The van der Waals surface area contributed by atoms with Gasteiger partial charge in [0.1, 0.15) is 23.6 Å². The lowest BCUT2D eigenvalue weighted by atomic mass is 9.83. The molecule has 1 aliphatic carbocycles. The molecule has 4 aromatic heterocycles. The van der Waals surface area contributed by atoms with Crippen LogP contribution in [0.15, 0.2) is 58.5 Å². The van der Waals surface area contributed by atoms with Crippen LogP contribution in [0.25, 0.3) is 27.7 Å². The molecule has 24 nitrogen and oxygen atoms in total. The normalized spacial score (nSPS) is 17.4. The van der Waals surface area contributed by atoms with Crippen LogP contribution < -0.4 is 38.1 Å². The molecule has 82 heavy (non-hydrogen) atoms. The van der Waals surface area contributed by atoms with Gasteiger partial charge in [-0.05, 0) is 80.0 Å². The molecule has 1 saturated heterocycles. The molecule has 0 bridgehead atoms. The van der Waals surface area contributed by atoms with Crippen molar-refractivity contribution in [2.45, 2.75) is 128 Å². The largest absolute Gasteiger partial charge is 0.392 e. The number of nitrogens with one attached hydrogen (secondary N) is 4. The van der Waals surface area contributed by atoms with Crippen LogP contribution in [0.1, 0.15) is 95.9 Å². The van der Waals surface area contributed by atoms with Crippen molar-refractivity contribution in [2.24, 2.45) is 18.7 Å². The van der Waals surface area contributed by atoms with Gasteiger partial charge in [0, 0.05) is 67.6 Å². The Labute approximate surface area is 474 Å². The minimum absolute atomic E-state index is 0.00597. The van der Waals surface area contributed by atoms with Gasteiger partial charge >= 0.3 is 0 Å². The van der Waals surface area contributed by atoms with Crippen LogP contribution in [0.5, 0.6) is 0 Å². The van der Waals surface area contributed by atoms with E-state index < -0.39 is 48.1 Å². The summed E-state index contributed by atoms with van der Waals surface area (Å²) in [4.78, 5) is 100. The van der Waals surface area contributed by atoms with E-state index in [2.05, 4.69) is 36.4 Å². The number of aromatic nitrogens is 6. The van der Waals surface area contributed by atoms with E-state index in [0.29, 0.717) is 41.0 Å². The molecule has 5 amide bonds. The van der Waals surface area contributed by atoms with Crippen molar-refractivity contribution < 1.29 is 47.7 Å². The van der Waals surface area contributed by atoms with Crippen molar-refractivity contribution in [1.82, 2.24) is 54.9 Å². The Balaban J connectivity index is 0.747. The number of fused-ring (bicyclic) bond motifs is 2. The van der Waals surface area contributed by atoms with Gasteiger partial charge in [-0.15, -0.1) is 0 Å². The second kappa shape index (κ2) is 27.1. The molecule has 25 heteroatoms. The van der Waals surface area contributed by atoms with Crippen molar-refractivity contribution in [3.8, 4) is 16.9 Å². The number of ether oxygens (including phenoxy) is 3. The van der Waals surface area contributed by atoms with Gasteiger partial charge in [0.25, 0.3) is 11.1 Å². The van der Waals surface area contributed by atoms with Crippen molar-refractivity contribution in [3.05, 3.63) is 92.3 Å². The minimum atomic E-state index is -0.918. The summed E-state index contributed by atoms with van der Waals surface area (Å²) in [6.07, 6.45) is 9.33. The van der Waals surface area contributed by atoms with Crippen LogP contribution in [0.2, 0.25) is 0 Å². The zero-order valence-corrected chi connectivity index (χ0v) is 47.5. The number of anilines is 2. The SMILES string of the molecule is CN[C@@H](C)C(=O)N[C@H](C(=O)N1C[C@@H](NC(=O)CCOCCOCCOCCC(=O)N2CCn3nc(Nc4cc(-c5ccnc(-n6ncc7cc(C(C)(C)C)cc(F)c7c6=O)c5CO)cn(C)c4=O)cc3C2)C[C@H]1C(N)=O)C1CCCCC1. The van der Waals surface area contributed by atoms with Crippen LogP contribution >= 0.6 is 0 Å².